The summed E-state index contributed by atoms with van der Waals surface area (Å²) in [6.45, 7) is 0.0793. The molecular formula is C28H27F4N4O4S+. The van der Waals surface area contributed by atoms with Gasteiger partial charge in [-0.05, 0) is 41.3 Å². The smallest absolute Gasteiger partial charge is 0.318 e. The van der Waals surface area contributed by atoms with Crippen LogP contribution in [0.5, 0.6) is 0 Å². The van der Waals surface area contributed by atoms with Crippen molar-refractivity contribution in [2.24, 2.45) is 4.99 Å². The SMILES string of the molecule is O=C(O[N+]1(Cc2ccc(F)cc2)C(NC2CCN(S(=O)(=O)Cc3ccccc3)CC2)=Nc2ccccc21)C(F)(F)F. The third kappa shape index (κ3) is 6.26. The van der Waals surface area contributed by atoms with Crippen LogP contribution in [0.3, 0.4) is 0 Å². The van der Waals surface area contributed by atoms with Gasteiger partial charge in [0.15, 0.2) is 6.54 Å². The zero-order valence-electron chi connectivity index (χ0n) is 21.7. The van der Waals surface area contributed by atoms with E-state index in [-0.39, 0.29) is 43.1 Å². The number of guanidine groups is 1. The number of quaternary nitrogens is 1. The second kappa shape index (κ2) is 11.2. The zero-order valence-corrected chi connectivity index (χ0v) is 22.5. The fourth-order valence-corrected chi connectivity index (χ4v) is 6.54. The zero-order chi connectivity index (χ0) is 29.3. The van der Waals surface area contributed by atoms with Crippen molar-refractivity contribution in [3.8, 4) is 0 Å². The van der Waals surface area contributed by atoms with E-state index >= 15 is 0 Å². The van der Waals surface area contributed by atoms with Crippen LogP contribution < -0.4 is 9.96 Å². The average molecular weight is 592 g/mol. The van der Waals surface area contributed by atoms with Crippen molar-refractivity contribution in [1.82, 2.24) is 14.3 Å². The highest BCUT2D eigenvalue weighted by molar-refractivity contribution is 7.88. The standard InChI is InChI=1S/C28H27F4N4O4S/c29-22-12-10-20(11-13-22)18-36(40-26(37)28(30,31)32)25-9-5-4-8-24(25)34-27(36)33-23-14-16-35(17-15-23)41(38,39)19-21-6-2-1-3-7-21/h1-13,23H,14-19H2,(H,33,34)/q+1. The fourth-order valence-electron chi connectivity index (χ4n) is 4.97. The van der Waals surface area contributed by atoms with Gasteiger partial charge in [0.25, 0.3) is 0 Å². The van der Waals surface area contributed by atoms with Gasteiger partial charge < -0.3 is 5.32 Å². The maximum atomic E-state index is 13.6. The molecule has 1 saturated heterocycles. The molecule has 1 atom stereocenters. The maximum absolute atomic E-state index is 13.6. The highest BCUT2D eigenvalue weighted by atomic mass is 32.2. The first kappa shape index (κ1) is 28.7. The molecule has 13 heteroatoms. The molecule has 2 heterocycles. The summed E-state index contributed by atoms with van der Waals surface area (Å²) in [4.78, 5) is 21.9. The molecular weight excluding hydrogens is 564 g/mol. The summed E-state index contributed by atoms with van der Waals surface area (Å²) in [7, 11) is -3.58. The summed E-state index contributed by atoms with van der Waals surface area (Å²) in [6.07, 6.45) is -4.60. The fraction of sp³-hybridized carbons (Fsp3) is 0.286. The van der Waals surface area contributed by atoms with Crippen molar-refractivity contribution in [2.75, 3.05) is 13.1 Å². The predicted molar refractivity (Wildman–Crippen MR) is 144 cm³/mol. The number of nitrogens with zero attached hydrogens (tertiary/aromatic N) is 3. The topological polar surface area (TPSA) is 88.1 Å². The highest BCUT2D eigenvalue weighted by Crippen LogP contribution is 2.43. The quantitative estimate of drug-likeness (QED) is 0.311. The van der Waals surface area contributed by atoms with Gasteiger partial charge in [-0.2, -0.15) is 18.2 Å². The molecule has 0 amide bonds. The molecule has 1 unspecified atom stereocenters. The van der Waals surface area contributed by atoms with Crippen molar-refractivity contribution in [3.05, 3.63) is 95.8 Å². The van der Waals surface area contributed by atoms with Gasteiger partial charge in [0.05, 0.1) is 5.75 Å². The molecule has 5 rings (SSSR count). The molecule has 3 aromatic rings. The number of hydroxylamine groups is 2. The summed E-state index contributed by atoms with van der Waals surface area (Å²) in [6, 6.07) is 19.9. The minimum Gasteiger partial charge on any atom is -0.318 e. The summed E-state index contributed by atoms with van der Waals surface area (Å²) in [5.41, 5.74) is 1.56. The minimum atomic E-state index is -5.28. The lowest BCUT2D eigenvalue weighted by atomic mass is 10.1. The second-order valence-corrected chi connectivity index (χ2v) is 11.9. The number of piperidine rings is 1. The molecule has 0 saturated carbocycles. The Kier molecular flexibility index (Phi) is 7.86. The number of rotatable bonds is 7. The number of para-hydroxylation sites is 2. The van der Waals surface area contributed by atoms with Gasteiger partial charge in [-0.3, -0.25) is 4.84 Å². The van der Waals surface area contributed by atoms with Crippen LogP contribution in [0, 0.1) is 5.82 Å². The number of nitrogens with one attached hydrogen (secondary N) is 1. The Hall–Kier alpha value is -3.81. The van der Waals surface area contributed by atoms with Crippen molar-refractivity contribution in [2.45, 2.75) is 37.4 Å². The summed E-state index contributed by atoms with van der Waals surface area (Å²) < 4.78 is 80.4. The Morgan fingerprint density at radius 3 is 2.24 bits per heavy atom. The van der Waals surface area contributed by atoms with Crippen LogP contribution in [-0.2, 0) is 32.0 Å². The number of carbonyl (C=O) groups excluding carboxylic acids is 1. The van der Waals surface area contributed by atoms with Crippen LogP contribution in [0.4, 0.5) is 28.9 Å². The van der Waals surface area contributed by atoms with Crippen LogP contribution >= 0.6 is 0 Å². The van der Waals surface area contributed by atoms with Crippen LogP contribution in [0.25, 0.3) is 0 Å². The Bertz CT molecular complexity index is 1540. The van der Waals surface area contributed by atoms with E-state index < -0.39 is 32.6 Å². The lowest BCUT2D eigenvalue weighted by molar-refractivity contribution is -0.224. The number of hydrogen-bond donors (Lipinski definition) is 1. The van der Waals surface area contributed by atoms with E-state index in [4.69, 9.17) is 4.84 Å². The number of hydrogen-bond acceptors (Lipinski definition) is 6. The molecule has 1 N–H and O–H groups in total. The van der Waals surface area contributed by atoms with Gasteiger partial charge in [-0.15, -0.1) is 0 Å². The van der Waals surface area contributed by atoms with Crippen molar-refractivity contribution >= 4 is 33.3 Å². The van der Waals surface area contributed by atoms with Crippen molar-refractivity contribution in [1.29, 1.82) is 0 Å². The first-order chi connectivity index (χ1) is 19.5. The molecule has 2 aliphatic heterocycles. The maximum Gasteiger partial charge on any atom is 0.497 e. The molecule has 0 bridgehead atoms. The molecule has 216 valence electrons. The largest absolute Gasteiger partial charge is 0.497 e. The van der Waals surface area contributed by atoms with Crippen molar-refractivity contribution in [3.63, 3.8) is 0 Å². The molecule has 0 radical (unpaired) electrons. The van der Waals surface area contributed by atoms with Gasteiger partial charge in [-0.1, -0.05) is 54.6 Å². The van der Waals surface area contributed by atoms with E-state index in [1.165, 1.54) is 22.5 Å². The van der Waals surface area contributed by atoms with Gasteiger partial charge in [0.2, 0.25) is 15.7 Å². The number of alkyl halides is 3. The highest BCUT2D eigenvalue weighted by Gasteiger charge is 2.55. The van der Waals surface area contributed by atoms with E-state index in [2.05, 4.69) is 10.3 Å². The molecule has 3 aromatic carbocycles. The monoisotopic (exact) mass is 591 g/mol. The van der Waals surface area contributed by atoms with Crippen molar-refractivity contribution < 1.29 is 35.6 Å². The van der Waals surface area contributed by atoms with Gasteiger partial charge in [0, 0.05) is 30.8 Å². The van der Waals surface area contributed by atoms with E-state index in [9.17, 15) is 30.8 Å². The Balaban J connectivity index is 1.40. The lowest BCUT2D eigenvalue weighted by Crippen LogP contribution is -2.61. The number of halogens is 4. The third-order valence-electron chi connectivity index (χ3n) is 7.00. The van der Waals surface area contributed by atoms with Gasteiger partial charge in [-0.25, -0.2) is 21.9 Å². The van der Waals surface area contributed by atoms with Crippen LogP contribution in [0.15, 0.2) is 83.9 Å². The van der Waals surface area contributed by atoms with E-state index in [1.54, 1.807) is 48.5 Å². The van der Waals surface area contributed by atoms with E-state index in [0.717, 1.165) is 12.1 Å². The summed E-state index contributed by atoms with van der Waals surface area (Å²) >= 11 is 0. The van der Waals surface area contributed by atoms with E-state index in [0.29, 0.717) is 29.7 Å². The first-order valence-corrected chi connectivity index (χ1v) is 14.5. The third-order valence-corrected chi connectivity index (χ3v) is 8.85. The molecule has 41 heavy (non-hydrogen) atoms. The molecule has 2 aliphatic rings. The Morgan fingerprint density at radius 1 is 0.951 bits per heavy atom. The number of benzene rings is 3. The number of aliphatic imine (C=N–C) groups is 1. The Morgan fingerprint density at radius 2 is 1.59 bits per heavy atom. The molecule has 8 nitrogen and oxygen atoms in total. The number of carbonyl (C=O) groups is 1. The minimum absolute atomic E-state index is 0.0567. The van der Waals surface area contributed by atoms with Gasteiger partial charge >= 0.3 is 18.1 Å². The number of sulfonamides is 1. The Labute approximate surface area is 234 Å². The van der Waals surface area contributed by atoms with Crippen LogP contribution in [0.2, 0.25) is 0 Å². The number of fused-ring (bicyclic) bond motifs is 1. The molecule has 1 fully saturated rings. The first-order valence-electron chi connectivity index (χ1n) is 12.9. The average Bonchev–Trinajstić information content (AvgIpc) is 3.22. The summed E-state index contributed by atoms with van der Waals surface area (Å²) in [5, 5.41) is 3.15. The van der Waals surface area contributed by atoms with Crippen LogP contribution in [-0.4, -0.2) is 50.0 Å². The normalized spacial score (nSPS) is 19.9. The molecule has 0 aliphatic carbocycles. The lowest BCUT2D eigenvalue weighted by Gasteiger charge is -2.35. The van der Waals surface area contributed by atoms with E-state index in [1.807, 2.05) is 0 Å². The van der Waals surface area contributed by atoms with Crippen LogP contribution in [0.1, 0.15) is 24.0 Å². The molecule has 0 spiro atoms. The summed E-state index contributed by atoms with van der Waals surface area (Å²) in [5.74, 6) is -3.14. The van der Waals surface area contributed by atoms with Gasteiger partial charge in [0.1, 0.15) is 11.5 Å². The predicted octanol–water partition coefficient (Wildman–Crippen LogP) is 4.94. The molecule has 0 aromatic heterocycles. The second-order valence-electron chi connectivity index (χ2n) is 9.88.